The van der Waals surface area contributed by atoms with E-state index in [1.807, 2.05) is 45.0 Å². The molecule has 0 saturated carbocycles. The van der Waals surface area contributed by atoms with Crippen molar-refractivity contribution in [1.82, 2.24) is 4.90 Å². The second-order valence-electron chi connectivity index (χ2n) is 10.8. The fraction of sp³-hybridized carbons (Fsp3) is 0.414. The maximum Gasteiger partial charge on any atom is 0.410 e. The van der Waals surface area contributed by atoms with Gasteiger partial charge >= 0.3 is 6.09 Å². The van der Waals surface area contributed by atoms with Gasteiger partial charge in [0.05, 0.1) is 23.9 Å². The summed E-state index contributed by atoms with van der Waals surface area (Å²) < 4.78 is 32.0. The molecule has 1 amide bonds. The third-order valence-electron chi connectivity index (χ3n) is 6.97. The van der Waals surface area contributed by atoms with E-state index in [4.69, 9.17) is 13.9 Å². The van der Waals surface area contributed by atoms with Crippen LogP contribution in [-0.4, -0.2) is 41.9 Å². The number of benzene rings is 2. The van der Waals surface area contributed by atoms with Crippen LogP contribution in [0.5, 0.6) is 11.5 Å². The topological polar surface area (TPSA) is 96.9 Å². The monoisotopic (exact) mass is 521 g/mol. The summed E-state index contributed by atoms with van der Waals surface area (Å²) in [5.41, 5.74) is 2.56. The first-order valence-electron chi connectivity index (χ1n) is 12.9. The Balaban J connectivity index is 1.36. The van der Waals surface area contributed by atoms with Crippen molar-refractivity contribution in [3.63, 3.8) is 0 Å². The normalized spacial score (nSPS) is 16.9. The molecule has 3 aromatic rings. The van der Waals surface area contributed by atoms with Crippen LogP contribution >= 0.6 is 0 Å². The van der Waals surface area contributed by atoms with E-state index < -0.39 is 11.4 Å². The van der Waals surface area contributed by atoms with Gasteiger partial charge in [0.25, 0.3) is 0 Å². The van der Waals surface area contributed by atoms with Gasteiger partial charge in [0.15, 0.2) is 23.1 Å². The zero-order chi connectivity index (χ0) is 27.0. The van der Waals surface area contributed by atoms with Crippen molar-refractivity contribution >= 4 is 34.5 Å². The molecule has 38 heavy (non-hydrogen) atoms. The molecule has 1 saturated heterocycles. The van der Waals surface area contributed by atoms with Crippen LogP contribution in [0.4, 0.5) is 14.9 Å². The molecule has 5 rings (SSSR count). The van der Waals surface area contributed by atoms with Gasteiger partial charge in [-0.2, -0.15) is 0 Å². The van der Waals surface area contributed by atoms with Crippen LogP contribution in [0.1, 0.15) is 56.9 Å². The first-order valence-corrected chi connectivity index (χ1v) is 12.9. The number of halogens is 1. The number of likely N-dealkylation sites (tertiary alicyclic amines) is 1. The Kier molecular flexibility index (Phi) is 6.86. The SMILES string of the molecule is COc1c(F)cc2c(O)c(C=C3N=Nc4ccccc43)oc2c1CCC1CCN(C(=O)OC(C)(C)C)CC1. The van der Waals surface area contributed by atoms with Crippen LogP contribution in [0.15, 0.2) is 45.0 Å². The summed E-state index contributed by atoms with van der Waals surface area (Å²) in [7, 11) is 1.43. The number of ether oxygens (including phenoxy) is 2. The van der Waals surface area contributed by atoms with Crippen molar-refractivity contribution in [3.05, 3.63) is 53.0 Å². The highest BCUT2D eigenvalue weighted by Gasteiger charge is 2.28. The van der Waals surface area contributed by atoms with E-state index in [-0.39, 0.29) is 28.7 Å². The lowest BCUT2D eigenvalue weighted by molar-refractivity contribution is 0.0181. The minimum absolute atomic E-state index is 0.113. The number of fused-ring (bicyclic) bond motifs is 2. The first-order chi connectivity index (χ1) is 18.1. The number of azo groups is 1. The Labute approximate surface area is 220 Å². The molecule has 2 aliphatic heterocycles. The van der Waals surface area contributed by atoms with Crippen molar-refractivity contribution in [2.24, 2.45) is 16.1 Å². The average Bonchev–Trinajstić information content (AvgIpc) is 3.43. The largest absolute Gasteiger partial charge is 0.504 e. The Bertz CT molecular complexity index is 1430. The molecule has 9 heteroatoms. The number of methoxy groups -OCH3 is 1. The highest BCUT2D eigenvalue weighted by atomic mass is 19.1. The molecular weight excluding hydrogens is 489 g/mol. The summed E-state index contributed by atoms with van der Waals surface area (Å²) in [6.45, 7) is 6.80. The summed E-state index contributed by atoms with van der Waals surface area (Å²) >= 11 is 0. The molecule has 2 aromatic carbocycles. The third-order valence-corrected chi connectivity index (χ3v) is 6.97. The van der Waals surface area contributed by atoms with Gasteiger partial charge in [-0.25, -0.2) is 9.18 Å². The quantitative estimate of drug-likeness (QED) is 0.376. The van der Waals surface area contributed by atoms with Gasteiger partial charge in [0.1, 0.15) is 11.2 Å². The molecule has 0 radical (unpaired) electrons. The molecule has 8 nitrogen and oxygen atoms in total. The lowest BCUT2D eigenvalue weighted by Gasteiger charge is -2.33. The standard InChI is InChI=1S/C29H32FN3O5/c1-29(2,3)38-28(35)33-13-11-17(12-14-33)9-10-19-26-20(15-21(30)27(19)36-4)25(34)24(37-26)16-23-18-7-5-6-8-22(18)31-32-23/h5-8,15-17,34H,9-14H2,1-4H3. The number of rotatable bonds is 5. The minimum Gasteiger partial charge on any atom is -0.504 e. The van der Waals surface area contributed by atoms with E-state index in [1.54, 1.807) is 11.0 Å². The molecule has 0 aliphatic carbocycles. The number of piperidine rings is 1. The first kappa shape index (κ1) is 25.8. The fourth-order valence-corrected chi connectivity index (χ4v) is 5.05. The number of carbonyl (C=O) groups excluding carboxylic acids is 1. The van der Waals surface area contributed by atoms with Crippen LogP contribution < -0.4 is 4.74 Å². The molecule has 0 bridgehead atoms. The van der Waals surface area contributed by atoms with E-state index in [2.05, 4.69) is 10.2 Å². The van der Waals surface area contributed by atoms with E-state index in [0.29, 0.717) is 42.3 Å². The number of hydrogen-bond donors (Lipinski definition) is 1. The fourth-order valence-electron chi connectivity index (χ4n) is 5.05. The number of carbonyl (C=O) groups is 1. The van der Waals surface area contributed by atoms with Crippen molar-refractivity contribution in [3.8, 4) is 11.5 Å². The predicted molar refractivity (Wildman–Crippen MR) is 142 cm³/mol. The number of hydrogen-bond acceptors (Lipinski definition) is 7. The van der Waals surface area contributed by atoms with E-state index in [1.165, 1.54) is 13.2 Å². The van der Waals surface area contributed by atoms with Crippen LogP contribution in [-0.2, 0) is 11.2 Å². The van der Waals surface area contributed by atoms with Gasteiger partial charge in [-0.15, -0.1) is 10.2 Å². The summed E-state index contributed by atoms with van der Waals surface area (Å²) in [5, 5.41) is 19.6. The zero-order valence-corrected chi connectivity index (χ0v) is 22.1. The van der Waals surface area contributed by atoms with Gasteiger partial charge in [-0.3, -0.25) is 0 Å². The van der Waals surface area contributed by atoms with Crippen LogP contribution in [0.3, 0.4) is 0 Å². The predicted octanol–water partition coefficient (Wildman–Crippen LogP) is 7.46. The molecular formula is C29H32FN3O5. The summed E-state index contributed by atoms with van der Waals surface area (Å²) in [6, 6.07) is 8.75. The lowest BCUT2D eigenvalue weighted by Crippen LogP contribution is -2.41. The Morgan fingerprint density at radius 3 is 2.68 bits per heavy atom. The number of aryl methyl sites for hydroxylation is 1. The van der Waals surface area contributed by atoms with Crippen molar-refractivity contribution in [2.75, 3.05) is 20.2 Å². The Morgan fingerprint density at radius 1 is 1.24 bits per heavy atom. The van der Waals surface area contributed by atoms with Crippen molar-refractivity contribution in [1.29, 1.82) is 0 Å². The molecule has 1 N–H and O–H groups in total. The summed E-state index contributed by atoms with van der Waals surface area (Å²) in [4.78, 5) is 14.1. The second-order valence-corrected chi connectivity index (χ2v) is 10.8. The summed E-state index contributed by atoms with van der Waals surface area (Å²) in [6.07, 6.45) is 4.24. The molecule has 1 fully saturated rings. The second kappa shape index (κ2) is 10.1. The third kappa shape index (κ3) is 5.10. The van der Waals surface area contributed by atoms with E-state index in [9.17, 15) is 9.90 Å². The number of amides is 1. The molecule has 0 unspecified atom stereocenters. The minimum atomic E-state index is -0.559. The van der Waals surface area contributed by atoms with Gasteiger partial charge in [-0.1, -0.05) is 18.2 Å². The maximum absolute atomic E-state index is 15.0. The van der Waals surface area contributed by atoms with Gasteiger partial charge < -0.3 is 23.9 Å². The molecule has 2 aliphatic rings. The van der Waals surface area contributed by atoms with E-state index in [0.717, 1.165) is 30.5 Å². The highest BCUT2D eigenvalue weighted by Crippen LogP contribution is 2.43. The molecule has 0 atom stereocenters. The Morgan fingerprint density at radius 2 is 1.97 bits per heavy atom. The number of aromatic hydroxyl groups is 1. The van der Waals surface area contributed by atoms with Crippen molar-refractivity contribution < 1.29 is 28.2 Å². The molecule has 3 heterocycles. The van der Waals surface area contributed by atoms with Crippen molar-refractivity contribution in [2.45, 2.75) is 52.1 Å². The van der Waals surface area contributed by atoms with Gasteiger partial charge in [-0.05, 0) is 64.5 Å². The van der Waals surface area contributed by atoms with Gasteiger partial charge in [0, 0.05) is 30.3 Å². The lowest BCUT2D eigenvalue weighted by atomic mass is 9.90. The maximum atomic E-state index is 15.0. The number of furan rings is 1. The van der Waals surface area contributed by atoms with E-state index >= 15 is 4.39 Å². The van der Waals surface area contributed by atoms with Crippen LogP contribution in [0.2, 0.25) is 0 Å². The zero-order valence-electron chi connectivity index (χ0n) is 22.1. The van der Waals surface area contributed by atoms with Gasteiger partial charge in [0.2, 0.25) is 0 Å². The van der Waals surface area contributed by atoms with Crippen LogP contribution in [0, 0.1) is 11.7 Å². The summed E-state index contributed by atoms with van der Waals surface area (Å²) in [5.74, 6) is -0.0680. The average molecular weight is 522 g/mol. The molecule has 200 valence electrons. The number of nitrogens with zero attached hydrogens (tertiary/aromatic N) is 3. The molecule has 0 spiro atoms. The Hall–Kier alpha value is -3.88. The highest BCUT2D eigenvalue weighted by molar-refractivity contribution is 5.95. The van der Waals surface area contributed by atoms with Crippen LogP contribution in [0.25, 0.3) is 22.7 Å². The molecule has 1 aromatic heterocycles. The smallest absolute Gasteiger partial charge is 0.410 e.